The van der Waals surface area contributed by atoms with E-state index in [0.717, 1.165) is 32.3 Å². The van der Waals surface area contributed by atoms with Crippen LogP contribution in [0, 0.1) is 0 Å². The van der Waals surface area contributed by atoms with Gasteiger partial charge in [-0.15, -0.1) is 0 Å². The highest BCUT2D eigenvalue weighted by Gasteiger charge is 2.09. The second kappa shape index (κ2) is 6.06. The fourth-order valence-electron chi connectivity index (χ4n) is 2.25. The fraction of sp³-hybridized carbons (Fsp3) is 0.0588. The molecule has 0 spiro atoms. The van der Waals surface area contributed by atoms with E-state index in [-0.39, 0.29) is 0 Å². The Balaban J connectivity index is 2.09. The Morgan fingerprint density at radius 1 is 0.952 bits per heavy atom. The highest BCUT2D eigenvalue weighted by molar-refractivity contribution is 9.10. The molecule has 0 aliphatic carbocycles. The van der Waals surface area contributed by atoms with Gasteiger partial charge in [0.05, 0.1) is 0 Å². The van der Waals surface area contributed by atoms with E-state index in [0.29, 0.717) is 11.6 Å². The number of nitrogens with two attached hydrogens (primary N) is 1. The van der Waals surface area contributed by atoms with Crippen molar-refractivity contribution in [2.75, 3.05) is 0 Å². The van der Waals surface area contributed by atoms with Crippen LogP contribution in [0.2, 0.25) is 5.02 Å². The SMILES string of the molecule is NCc1cc(Br)ccc1Oc1ccc(Cl)c2ccccc12. The van der Waals surface area contributed by atoms with Gasteiger partial charge < -0.3 is 10.5 Å². The van der Waals surface area contributed by atoms with Crippen molar-refractivity contribution in [1.29, 1.82) is 0 Å². The molecule has 0 bridgehead atoms. The Kier molecular flexibility index (Phi) is 4.15. The zero-order valence-corrected chi connectivity index (χ0v) is 13.5. The van der Waals surface area contributed by atoms with Crippen LogP contribution in [0.1, 0.15) is 5.56 Å². The van der Waals surface area contributed by atoms with Crippen molar-refractivity contribution >= 4 is 38.3 Å². The van der Waals surface area contributed by atoms with Crippen LogP contribution in [-0.4, -0.2) is 0 Å². The third-order valence-corrected chi connectivity index (χ3v) is 4.12. The highest BCUT2D eigenvalue weighted by atomic mass is 79.9. The number of benzene rings is 3. The standard InChI is InChI=1S/C17H13BrClNO/c18-12-5-7-16(11(9-12)10-20)21-17-8-6-15(19)13-3-1-2-4-14(13)17/h1-9H,10,20H2. The van der Waals surface area contributed by atoms with Gasteiger partial charge in [0.15, 0.2) is 0 Å². The predicted octanol–water partition coefficient (Wildman–Crippen LogP) is 5.51. The molecule has 2 nitrogen and oxygen atoms in total. The van der Waals surface area contributed by atoms with Gasteiger partial charge in [0.1, 0.15) is 11.5 Å². The predicted molar refractivity (Wildman–Crippen MR) is 91.1 cm³/mol. The molecule has 21 heavy (non-hydrogen) atoms. The van der Waals surface area contributed by atoms with Crippen molar-refractivity contribution in [2.24, 2.45) is 5.73 Å². The van der Waals surface area contributed by atoms with Gasteiger partial charge in [-0.1, -0.05) is 51.8 Å². The number of fused-ring (bicyclic) bond motifs is 1. The summed E-state index contributed by atoms with van der Waals surface area (Å²) in [6.07, 6.45) is 0. The van der Waals surface area contributed by atoms with Crippen LogP contribution in [0.4, 0.5) is 0 Å². The summed E-state index contributed by atoms with van der Waals surface area (Å²) in [4.78, 5) is 0. The van der Waals surface area contributed by atoms with E-state index in [1.54, 1.807) is 0 Å². The molecule has 2 N–H and O–H groups in total. The highest BCUT2D eigenvalue weighted by Crippen LogP contribution is 2.35. The van der Waals surface area contributed by atoms with Gasteiger partial charge in [-0.25, -0.2) is 0 Å². The van der Waals surface area contributed by atoms with Crippen LogP contribution in [0.25, 0.3) is 10.8 Å². The minimum Gasteiger partial charge on any atom is -0.456 e. The van der Waals surface area contributed by atoms with Crippen LogP contribution >= 0.6 is 27.5 Å². The molecule has 3 aromatic rings. The lowest BCUT2D eigenvalue weighted by atomic mass is 10.1. The van der Waals surface area contributed by atoms with Crippen molar-refractivity contribution in [3.63, 3.8) is 0 Å². The maximum absolute atomic E-state index is 6.23. The molecule has 3 aromatic carbocycles. The Morgan fingerprint density at radius 2 is 1.67 bits per heavy atom. The van der Waals surface area contributed by atoms with Crippen molar-refractivity contribution in [3.05, 3.63) is 69.7 Å². The van der Waals surface area contributed by atoms with Gasteiger partial charge in [0.2, 0.25) is 0 Å². The summed E-state index contributed by atoms with van der Waals surface area (Å²) < 4.78 is 7.05. The molecule has 0 aliphatic heterocycles. The lowest BCUT2D eigenvalue weighted by Crippen LogP contribution is -1.99. The molecule has 0 unspecified atom stereocenters. The monoisotopic (exact) mass is 361 g/mol. The van der Waals surface area contributed by atoms with Gasteiger partial charge in [-0.2, -0.15) is 0 Å². The molecule has 0 saturated heterocycles. The largest absolute Gasteiger partial charge is 0.456 e. The van der Waals surface area contributed by atoms with Crippen LogP contribution < -0.4 is 10.5 Å². The third-order valence-electron chi connectivity index (χ3n) is 3.29. The zero-order valence-electron chi connectivity index (χ0n) is 11.1. The molecule has 0 fully saturated rings. The first-order valence-electron chi connectivity index (χ1n) is 6.52. The van der Waals surface area contributed by atoms with Crippen LogP contribution in [0.3, 0.4) is 0 Å². The van der Waals surface area contributed by atoms with E-state index >= 15 is 0 Å². The topological polar surface area (TPSA) is 35.2 Å². The molecule has 0 radical (unpaired) electrons. The average molecular weight is 363 g/mol. The number of halogens is 2. The third kappa shape index (κ3) is 2.91. The van der Waals surface area contributed by atoms with Crippen molar-refractivity contribution < 1.29 is 4.74 Å². The Hall–Kier alpha value is -1.55. The minimum atomic E-state index is 0.417. The maximum Gasteiger partial charge on any atom is 0.135 e. The summed E-state index contributed by atoms with van der Waals surface area (Å²) in [5.41, 5.74) is 6.74. The summed E-state index contributed by atoms with van der Waals surface area (Å²) >= 11 is 9.67. The molecule has 0 aromatic heterocycles. The summed E-state index contributed by atoms with van der Waals surface area (Å²) in [6, 6.07) is 17.5. The molecule has 0 atom stereocenters. The zero-order chi connectivity index (χ0) is 14.8. The van der Waals surface area contributed by atoms with Crippen molar-refractivity contribution in [3.8, 4) is 11.5 Å². The summed E-state index contributed by atoms with van der Waals surface area (Å²) in [6.45, 7) is 0.417. The van der Waals surface area contributed by atoms with Gasteiger partial charge in [0, 0.05) is 32.4 Å². The van der Waals surface area contributed by atoms with Crippen molar-refractivity contribution in [2.45, 2.75) is 6.54 Å². The second-order valence-electron chi connectivity index (χ2n) is 4.65. The van der Waals surface area contributed by atoms with E-state index in [4.69, 9.17) is 22.1 Å². The molecule has 4 heteroatoms. The first kappa shape index (κ1) is 14.4. The summed E-state index contributed by atoms with van der Waals surface area (Å²) in [5.74, 6) is 1.53. The van der Waals surface area contributed by atoms with Gasteiger partial charge in [-0.05, 0) is 30.3 Å². The fourth-order valence-corrected chi connectivity index (χ4v) is 2.89. The number of hydrogen-bond acceptors (Lipinski definition) is 2. The van der Waals surface area contributed by atoms with Gasteiger partial charge in [0.25, 0.3) is 0 Å². The van der Waals surface area contributed by atoms with Crippen LogP contribution in [0.5, 0.6) is 11.5 Å². The molecule has 0 saturated carbocycles. The van der Waals surface area contributed by atoms with Gasteiger partial charge in [-0.3, -0.25) is 0 Å². The number of ether oxygens (including phenoxy) is 1. The lowest BCUT2D eigenvalue weighted by molar-refractivity contribution is 0.482. The molecule has 0 aliphatic rings. The smallest absolute Gasteiger partial charge is 0.135 e. The summed E-state index contributed by atoms with van der Waals surface area (Å²) in [7, 11) is 0. The van der Waals surface area contributed by atoms with Crippen LogP contribution in [-0.2, 0) is 6.54 Å². The average Bonchev–Trinajstić information content (AvgIpc) is 2.52. The molecule has 3 rings (SSSR count). The van der Waals surface area contributed by atoms with E-state index < -0.39 is 0 Å². The Labute approximate surface area is 136 Å². The quantitative estimate of drug-likeness (QED) is 0.667. The van der Waals surface area contributed by atoms with Gasteiger partial charge >= 0.3 is 0 Å². The minimum absolute atomic E-state index is 0.417. The normalized spacial score (nSPS) is 10.8. The molecule has 0 heterocycles. The Morgan fingerprint density at radius 3 is 2.43 bits per heavy atom. The number of hydrogen-bond donors (Lipinski definition) is 1. The first-order valence-corrected chi connectivity index (χ1v) is 7.70. The molecule has 0 amide bonds. The maximum atomic E-state index is 6.23. The lowest BCUT2D eigenvalue weighted by Gasteiger charge is -2.13. The Bertz CT molecular complexity index is 804. The molecular weight excluding hydrogens is 350 g/mol. The molecule has 106 valence electrons. The second-order valence-corrected chi connectivity index (χ2v) is 5.97. The van der Waals surface area contributed by atoms with E-state index in [9.17, 15) is 0 Å². The first-order chi connectivity index (χ1) is 10.2. The summed E-state index contributed by atoms with van der Waals surface area (Å²) in [5, 5.41) is 2.67. The molecular formula is C17H13BrClNO. The van der Waals surface area contributed by atoms with E-state index in [2.05, 4.69) is 15.9 Å². The van der Waals surface area contributed by atoms with E-state index in [1.807, 2.05) is 54.6 Å². The number of rotatable bonds is 3. The van der Waals surface area contributed by atoms with Crippen LogP contribution in [0.15, 0.2) is 59.1 Å². The van der Waals surface area contributed by atoms with E-state index in [1.165, 1.54) is 0 Å². The van der Waals surface area contributed by atoms with Crippen molar-refractivity contribution in [1.82, 2.24) is 0 Å².